The van der Waals surface area contributed by atoms with Crippen molar-refractivity contribution in [3.8, 4) is 0 Å². The molecule has 0 aromatic rings. The van der Waals surface area contributed by atoms with E-state index < -0.39 is 0 Å². The van der Waals surface area contributed by atoms with E-state index in [0.717, 1.165) is 24.3 Å². The van der Waals surface area contributed by atoms with Crippen LogP contribution in [0.5, 0.6) is 0 Å². The van der Waals surface area contributed by atoms with Crippen LogP contribution >= 0.6 is 0 Å². The fourth-order valence-electron chi connectivity index (χ4n) is 2.24. The molecule has 14 heavy (non-hydrogen) atoms. The van der Waals surface area contributed by atoms with Crippen LogP contribution < -0.4 is 5.32 Å². The van der Waals surface area contributed by atoms with Gasteiger partial charge in [-0.1, -0.05) is 41.0 Å². The molecule has 0 fully saturated rings. The Labute approximate surface area is 90.7 Å². The summed E-state index contributed by atoms with van der Waals surface area (Å²) >= 11 is 0. The molecule has 0 spiro atoms. The molecule has 0 heterocycles. The summed E-state index contributed by atoms with van der Waals surface area (Å²) in [6, 6.07) is 0. The third kappa shape index (κ3) is 6.42. The average molecular weight is 199 g/mol. The molecule has 0 radical (unpaired) electrons. The van der Waals surface area contributed by atoms with Crippen LogP contribution in [0.3, 0.4) is 0 Å². The summed E-state index contributed by atoms with van der Waals surface area (Å²) in [6.45, 7) is 13.9. The summed E-state index contributed by atoms with van der Waals surface area (Å²) in [6.07, 6.45) is 4.12. The van der Waals surface area contributed by atoms with Crippen molar-refractivity contribution in [1.82, 2.24) is 5.32 Å². The van der Waals surface area contributed by atoms with Crippen molar-refractivity contribution < 1.29 is 0 Å². The molecule has 0 amide bonds. The molecule has 0 aromatic heterocycles. The number of unbranched alkanes of at least 4 members (excludes halogenated alkanes) is 1. The highest BCUT2D eigenvalue weighted by Gasteiger charge is 2.16. The van der Waals surface area contributed by atoms with E-state index in [9.17, 15) is 0 Å². The number of rotatable bonds is 8. The highest BCUT2D eigenvalue weighted by atomic mass is 14.8. The molecule has 1 nitrogen and oxygen atoms in total. The summed E-state index contributed by atoms with van der Waals surface area (Å²) in [4.78, 5) is 0. The highest BCUT2D eigenvalue weighted by Crippen LogP contribution is 2.25. The first-order valence-corrected chi connectivity index (χ1v) is 6.30. The Morgan fingerprint density at radius 2 is 1.50 bits per heavy atom. The molecule has 86 valence electrons. The molecule has 0 bridgehead atoms. The molecule has 0 saturated heterocycles. The number of hydrogen-bond acceptors (Lipinski definition) is 1. The lowest BCUT2D eigenvalue weighted by Gasteiger charge is -2.24. The van der Waals surface area contributed by atoms with Gasteiger partial charge in [-0.25, -0.2) is 0 Å². The fraction of sp³-hybridized carbons (Fsp3) is 1.00. The summed E-state index contributed by atoms with van der Waals surface area (Å²) in [5, 5.41) is 3.38. The topological polar surface area (TPSA) is 12.0 Å². The van der Waals surface area contributed by atoms with Crippen LogP contribution in [0, 0.1) is 17.8 Å². The van der Waals surface area contributed by atoms with E-state index in [4.69, 9.17) is 0 Å². The largest absolute Gasteiger partial charge is 0.317 e. The zero-order chi connectivity index (χ0) is 11.0. The van der Waals surface area contributed by atoms with Gasteiger partial charge in [0.1, 0.15) is 0 Å². The van der Waals surface area contributed by atoms with Crippen molar-refractivity contribution in [2.75, 3.05) is 13.1 Å². The minimum absolute atomic E-state index is 0.842. The predicted octanol–water partition coefficient (Wildman–Crippen LogP) is 3.69. The van der Waals surface area contributed by atoms with Gasteiger partial charge >= 0.3 is 0 Å². The zero-order valence-electron chi connectivity index (χ0n) is 10.8. The van der Waals surface area contributed by atoms with E-state index in [-0.39, 0.29) is 0 Å². The Hall–Kier alpha value is -0.0400. The van der Waals surface area contributed by atoms with Crippen molar-refractivity contribution in [2.45, 2.75) is 53.9 Å². The fourth-order valence-corrected chi connectivity index (χ4v) is 2.24. The van der Waals surface area contributed by atoms with Gasteiger partial charge in [-0.15, -0.1) is 0 Å². The van der Waals surface area contributed by atoms with Gasteiger partial charge in [0.15, 0.2) is 0 Å². The Balaban J connectivity index is 3.52. The Morgan fingerprint density at radius 3 is 1.93 bits per heavy atom. The smallest absolute Gasteiger partial charge is 0.00490 e. The average Bonchev–Trinajstić information content (AvgIpc) is 2.09. The second kappa shape index (κ2) is 8.28. The SMILES string of the molecule is CCNCCCCC(C(C)C)C(C)C. The first-order valence-electron chi connectivity index (χ1n) is 6.30. The Kier molecular flexibility index (Phi) is 8.26. The van der Waals surface area contributed by atoms with Gasteiger partial charge in [-0.05, 0) is 43.7 Å². The predicted molar refractivity (Wildman–Crippen MR) is 65.6 cm³/mol. The molecule has 0 saturated carbocycles. The van der Waals surface area contributed by atoms with Crippen molar-refractivity contribution in [2.24, 2.45) is 17.8 Å². The normalized spacial score (nSPS) is 12.0. The Morgan fingerprint density at radius 1 is 0.929 bits per heavy atom. The summed E-state index contributed by atoms with van der Waals surface area (Å²) in [5.74, 6) is 2.60. The van der Waals surface area contributed by atoms with Crippen LogP contribution in [0.15, 0.2) is 0 Å². The van der Waals surface area contributed by atoms with E-state index >= 15 is 0 Å². The van der Waals surface area contributed by atoms with E-state index in [2.05, 4.69) is 39.9 Å². The quantitative estimate of drug-likeness (QED) is 0.588. The highest BCUT2D eigenvalue weighted by molar-refractivity contribution is 4.66. The van der Waals surface area contributed by atoms with Crippen molar-refractivity contribution in [3.63, 3.8) is 0 Å². The minimum Gasteiger partial charge on any atom is -0.317 e. The lowest BCUT2D eigenvalue weighted by molar-refractivity contribution is 0.262. The minimum atomic E-state index is 0.842. The van der Waals surface area contributed by atoms with E-state index in [1.54, 1.807) is 0 Å². The monoisotopic (exact) mass is 199 g/mol. The molecule has 0 aliphatic carbocycles. The molecule has 0 aromatic carbocycles. The van der Waals surface area contributed by atoms with Crippen LogP contribution in [0.2, 0.25) is 0 Å². The van der Waals surface area contributed by atoms with Gasteiger partial charge in [0.25, 0.3) is 0 Å². The van der Waals surface area contributed by atoms with Gasteiger partial charge in [0.2, 0.25) is 0 Å². The van der Waals surface area contributed by atoms with Gasteiger partial charge in [0.05, 0.1) is 0 Å². The van der Waals surface area contributed by atoms with Crippen LogP contribution in [0.1, 0.15) is 53.9 Å². The third-order valence-corrected chi connectivity index (χ3v) is 3.10. The molecule has 0 rings (SSSR count). The van der Waals surface area contributed by atoms with Crippen molar-refractivity contribution in [3.05, 3.63) is 0 Å². The summed E-state index contributed by atoms with van der Waals surface area (Å²) < 4.78 is 0. The van der Waals surface area contributed by atoms with E-state index in [1.165, 1.54) is 25.8 Å². The molecule has 1 heteroatoms. The molecule has 0 aliphatic heterocycles. The molecule has 1 N–H and O–H groups in total. The standard InChI is InChI=1S/C13H29N/c1-6-14-10-8-7-9-13(11(2)3)12(4)5/h11-14H,6-10H2,1-5H3. The second-order valence-corrected chi connectivity index (χ2v) is 5.00. The molecule has 0 aliphatic rings. The van der Waals surface area contributed by atoms with E-state index in [1.807, 2.05) is 0 Å². The van der Waals surface area contributed by atoms with Gasteiger partial charge < -0.3 is 5.32 Å². The van der Waals surface area contributed by atoms with Gasteiger partial charge in [-0.3, -0.25) is 0 Å². The molecular weight excluding hydrogens is 170 g/mol. The van der Waals surface area contributed by atoms with Crippen LogP contribution in [-0.4, -0.2) is 13.1 Å². The van der Waals surface area contributed by atoms with Gasteiger partial charge in [-0.2, -0.15) is 0 Å². The van der Waals surface area contributed by atoms with Crippen LogP contribution in [-0.2, 0) is 0 Å². The first kappa shape index (κ1) is 14.0. The molecule has 0 unspecified atom stereocenters. The summed E-state index contributed by atoms with van der Waals surface area (Å²) in [5.41, 5.74) is 0. The number of hydrogen-bond donors (Lipinski definition) is 1. The third-order valence-electron chi connectivity index (χ3n) is 3.10. The number of nitrogens with one attached hydrogen (secondary N) is 1. The van der Waals surface area contributed by atoms with Crippen LogP contribution in [0.4, 0.5) is 0 Å². The maximum Gasteiger partial charge on any atom is -0.00490 e. The zero-order valence-corrected chi connectivity index (χ0v) is 10.8. The maximum absolute atomic E-state index is 3.38. The lowest BCUT2D eigenvalue weighted by Crippen LogP contribution is -2.17. The maximum atomic E-state index is 3.38. The Bertz CT molecular complexity index is 110. The van der Waals surface area contributed by atoms with Crippen LogP contribution in [0.25, 0.3) is 0 Å². The molecular formula is C13H29N. The van der Waals surface area contributed by atoms with Gasteiger partial charge in [0, 0.05) is 0 Å². The first-order chi connectivity index (χ1) is 6.59. The lowest BCUT2D eigenvalue weighted by atomic mass is 9.82. The second-order valence-electron chi connectivity index (χ2n) is 5.00. The van der Waals surface area contributed by atoms with E-state index in [0.29, 0.717) is 0 Å². The van der Waals surface area contributed by atoms with Crippen molar-refractivity contribution >= 4 is 0 Å². The molecule has 0 atom stereocenters. The van der Waals surface area contributed by atoms with Crippen molar-refractivity contribution in [1.29, 1.82) is 0 Å². The summed E-state index contributed by atoms with van der Waals surface area (Å²) in [7, 11) is 0.